The summed E-state index contributed by atoms with van der Waals surface area (Å²) in [6.45, 7) is 13.3. The van der Waals surface area contributed by atoms with Crippen molar-refractivity contribution in [2.24, 2.45) is 35.1 Å². The van der Waals surface area contributed by atoms with E-state index in [9.17, 15) is 72.9 Å². The van der Waals surface area contributed by atoms with Crippen LogP contribution in [0.2, 0.25) is 0 Å². The Labute approximate surface area is 467 Å². The molecule has 27 heteroatoms. The number of carboxylic acids is 2. The molecule has 0 saturated carbocycles. The standard InChI is InChI=1S/C53H88N12O15/c1-10-29(6)42(51(77)61-37(53(79)80)22-28(4)5)63-47(73)35(23-33-18-14-13-15-19-33)59-40(69)27-57-38(67)25-56-39(68)26-58-49(75)45(32(9)66)65-48(74)36(24-41(70)71)60-50(76)43(30(7)11-2)64-52(78)44(31(8)12-3)62-46(72)34(55)20-16-17-21-54/h13-15,18-19,28-32,34-37,42-45,66H,10-12,16-17,20-27,54-55H2,1-9H3,(H,56,68)(H,57,67)(H,58,75)(H,59,69)(H,60,76)(H,61,77)(H,62,72)(H,63,73)(H,64,78)(H,65,74)(H,70,71)(H,79,80)/t29-,30-,31-,32+,34-,35-,36-,37-,42-,43-,44-,45-/m0/s1. The maximum atomic E-state index is 13.8. The van der Waals surface area contributed by atoms with Gasteiger partial charge in [-0.2, -0.15) is 0 Å². The van der Waals surface area contributed by atoms with E-state index >= 15 is 0 Å². The van der Waals surface area contributed by atoms with E-state index in [0.29, 0.717) is 50.6 Å². The second kappa shape index (κ2) is 36.8. The van der Waals surface area contributed by atoms with Crippen LogP contribution in [0.25, 0.3) is 0 Å². The predicted octanol–water partition coefficient (Wildman–Crippen LogP) is -2.45. The van der Waals surface area contributed by atoms with E-state index < -0.39 is 169 Å². The topological polar surface area (TPSA) is 438 Å². The molecule has 27 nitrogen and oxygen atoms in total. The number of nitrogens with two attached hydrogens (primary N) is 2. The lowest BCUT2D eigenvalue weighted by Gasteiger charge is -2.30. The van der Waals surface area contributed by atoms with E-state index in [0.717, 1.165) is 6.92 Å². The molecule has 1 aromatic carbocycles. The summed E-state index contributed by atoms with van der Waals surface area (Å²) in [6, 6.07) is -2.16. The van der Waals surface area contributed by atoms with Gasteiger partial charge in [0.05, 0.1) is 38.2 Å². The monoisotopic (exact) mass is 1130 g/mol. The molecule has 0 aliphatic carbocycles. The number of unbranched alkanes of at least 4 members (excludes halogenated alkanes) is 1. The Balaban J connectivity index is 3.03. The number of carbonyl (C=O) groups is 12. The van der Waals surface area contributed by atoms with E-state index in [1.165, 1.54) is 0 Å². The molecule has 1 aromatic rings. The molecule has 0 aliphatic rings. The van der Waals surface area contributed by atoms with Crippen molar-refractivity contribution in [1.82, 2.24) is 53.2 Å². The third kappa shape index (κ3) is 26.1. The van der Waals surface area contributed by atoms with Crippen LogP contribution in [-0.2, 0) is 64.0 Å². The van der Waals surface area contributed by atoms with Gasteiger partial charge in [-0.15, -0.1) is 0 Å². The van der Waals surface area contributed by atoms with E-state index in [2.05, 4.69) is 53.2 Å². The fraction of sp³-hybridized carbons (Fsp3) is 0.660. The normalized spacial score (nSPS) is 15.6. The Hall–Kier alpha value is -7.26. The molecule has 0 saturated heterocycles. The fourth-order valence-corrected chi connectivity index (χ4v) is 7.83. The van der Waals surface area contributed by atoms with Crippen LogP contribution < -0.4 is 64.6 Å². The number of benzene rings is 1. The number of hydrogen-bond acceptors (Lipinski definition) is 15. The third-order valence-corrected chi connectivity index (χ3v) is 13.3. The Kier molecular flexibility index (Phi) is 32.6. The molecule has 0 radical (unpaired) electrons. The van der Waals surface area contributed by atoms with Crippen molar-refractivity contribution in [2.75, 3.05) is 26.2 Å². The van der Waals surface area contributed by atoms with E-state index in [1.54, 1.807) is 85.7 Å². The summed E-state index contributed by atoms with van der Waals surface area (Å²) in [7, 11) is 0. The molecule has 0 aromatic heterocycles. The molecule has 10 amide bonds. The van der Waals surface area contributed by atoms with Crippen molar-refractivity contribution in [2.45, 2.75) is 175 Å². The lowest BCUT2D eigenvalue weighted by atomic mass is 9.94. The van der Waals surface area contributed by atoms with Gasteiger partial charge in [0.2, 0.25) is 59.1 Å². The second-order valence-electron chi connectivity index (χ2n) is 20.5. The smallest absolute Gasteiger partial charge is 0.326 e. The van der Waals surface area contributed by atoms with Gasteiger partial charge >= 0.3 is 11.9 Å². The summed E-state index contributed by atoms with van der Waals surface area (Å²) >= 11 is 0. The number of hydrogen-bond donors (Lipinski definition) is 15. The van der Waals surface area contributed by atoms with Crippen LogP contribution in [0.15, 0.2) is 30.3 Å². The minimum Gasteiger partial charge on any atom is -0.481 e. The first-order valence-corrected chi connectivity index (χ1v) is 27.2. The van der Waals surface area contributed by atoms with Crippen LogP contribution in [0, 0.1) is 23.7 Å². The van der Waals surface area contributed by atoms with Crippen molar-refractivity contribution in [1.29, 1.82) is 0 Å². The first-order valence-electron chi connectivity index (χ1n) is 27.2. The quantitative estimate of drug-likeness (QED) is 0.0306. The molecule has 450 valence electrons. The Morgan fingerprint density at radius 3 is 1.40 bits per heavy atom. The highest BCUT2D eigenvalue weighted by molar-refractivity contribution is 5.98. The van der Waals surface area contributed by atoms with Crippen molar-refractivity contribution in [3.8, 4) is 0 Å². The number of aliphatic carboxylic acids is 2. The highest BCUT2D eigenvalue weighted by Crippen LogP contribution is 2.15. The van der Waals surface area contributed by atoms with Crippen molar-refractivity contribution < 1.29 is 72.9 Å². The van der Waals surface area contributed by atoms with Crippen LogP contribution in [0.3, 0.4) is 0 Å². The molecular weight excluding hydrogens is 1040 g/mol. The molecule has 1 rings (SSSR count). The van der Waals surface area contributed by atoms with Crippen molar-refractivity contribution in [3.05, 3.63) is 35.9 Å². The first kappa shape index (κ1) is 70.8. The lowest BCUT2D eigenvalue weighted by Crippen LogP contribution is -2.62. The zero-order valence-electron chi connectivity index (χ0n) is 47.5. The Bertz CT molecular complexity index is 2240. The minimum atomic E-state index is -1.86. The lowest BCUT2D eigenvalue weighted by molar-refractivity contribution is -0.143. The van der Waals surface area contributed by atoms with Gasteiger partial charge < -0.3 is 80.0 Å². The molecule has 0 fully saturated rings. The molecule has 0 heterocycles. The van der Waals surface area contributed by atoms with Crippen LogP contribution in [0.4, 0.5) is 0 Å². The Morgan fingerprint density at radius 2 is 0.938 bits per heavy atom. The summed E-state index contributed by atoms with van der Waals surface area (Å²) < 4.78 is 0. The number of amides is 10. The average Bonchev–Trinajstić information content (AvgIpc) is 3.40. The maximum Gasteiger partial charge on any atom is 0.326 e. The SMILES string of the molecule is CC[C@H](C)[C@H](NC(=O)[C@H](Cc1ccccc1)NC(=O)CNC(=O)CNC(=O)CNC(=O)[C@@H](NC(=O)[C@H](CC(=O)O)NC(=O)[C@@H](NC(=O)[C@@H](NC(=O)[C@@H](N)CCCCN)[C@@H](C)CC)[C@@H](C)CC)[C@@H](C)O)C(=O)N[C@@H](CC(C)C)C(=O)O. The van der Waals surface area contributed by atoms with E-state index in [4.69, 9.17) is 11.5 Å². The molecule has 12 atom stereocenters. The number of rotatable bonds is 38. The average molecular weight is 1130 g/mol. The summed E-state index contributed by atoms with van der Waals surface area (Å²) in [5.74, 6) is -13.1. The zero-order chi connectivity index (χ0) is 60.8. The van der Waals surface area contributed by atoms with Gasteiger partial charge in [-0.3, -0.25) is 52.7 Å². The van der Waals surface area contributed by atoms with Gasteiger partial charge in [0.15, 0.2) is 0 Å². The van der Waals surface area contributed by atoms with Crippen LogP contribution in [-0.4, -0.2) is 167 Å². The van der Waals surface area contributed by atoms with Crippen LogP contribution >= 0.6 is 0 Å². The molecule has 17 N–H and O–H groups in total. The molecule has 80 heavy (non-hydrogen) atoms. The molecule has 0 unspecified atom stereocenters. The van der Waals surface area contributed by atoms with Gasteiger partial charge in [0, 0.05) is 6.42 Å². The van der Waals surface area contributed by atoms with E-state index in [1.807, 2.05) is 0 Å². The summed E-state index contributed by atoms with van der Waals surface area (Å²) in [5.41, 5.74) is 12.2. The van der Waals surface area contributed by atoms with Crippen molar-refractivity contribution in [3.63, 3.8) is 0 Å². The number of carboxylic acid groups (broad SMARTS) is 2. The highest BCUT2D eigenvalue weighted by atomic mass is 16.4. The van der Waals surface area contributed by atoms with Gasteiger partial charge in [-0.1, -0.05) is 111 Å². The van der Waals surface area contributed by atoms with Gasteiger partial charge in [-0.05, 0) is 62.0 Å². The molecule has 0 aliphatic heterocycles. The fourth-order valence-electron chi connectivity index (χ4n) is 7.83. The third-order valence-electron chi connectivity index (χ3n) is 13.3. The number of nitrogens with one attached hydrogen (secondary N) is 10. The largest absolute Gasteiger partial charge is 0.481 e. The van der Waals surface area contributed by atoms with Gasteiger partial charge in [0.1, 0.15) is 42.3 Å². The number of aliphatic hydroxyl groups excluding tert-OH is 1. The highest BCUT2D eigenvalue weighted by Gasteiger charge is 2.37. The Morgan fingerprint density at radius 1 is 0.500 bits per heavy atom. The minimum absolute atomic E-state index is 0.0378. The van der Waals surface area contributed by atoms with Crippen LogP contribution in [0.1, 0.15) is 119 Å². The summed E-state index contributed by atoms with van der Waals surface area (Å²) in [4.78, 5) is 157. The molecule has 0 bridgehead atoms. The zero-order valence-corrected chi connectivity index (χ0v) is 47.5. The number of carbonyl (C=O) groups excluding carboxylic acids is 10. The number of aliphatic hydroxyl groups is 1. The predicted molar refractivity (Wildman–Crippen MR) is 293 cm³/mol. The van der Waals surface area contributed by atoms with E-state index in [-0.39, 0.29) is 18.8 Å². The first-order chi connectivity index (χ1) is 37.6. The molecule has 0 spiro atoms. The molecular formula is C53H88N12O15. The van der Waals surface area contributed by atoms with Gasteiger partial charge in [0.25, 0.3) is 0 Å². The van der Waals surface area contributed by atoms with Crippen molar-refractivity contribution >= 4 is 71.0 Å². The summed E-state index contributed by atoms with van der Waals surface area (Å²) in [6.07, 6.45) is 0.175. The maximum absolute atomic E-state index is 13.8. The van der Waals surface area contributed by atoms with Crippen LogP contribution in [0.5, 0.6) is 0 Å². The van der Waals surface area contributed by atoms with Gasteiger partial charge in [-0.25, -0.2) is 4.79 Å². The summed E-state index contributed by atoms with van der Waals surface area (Å²) in [5, 5.41) is 54.1. The second-order valence-corrected chi connectivity index (χ2v) is 20.5.